The van der Waals surface area contributed by atoms with E-state index in [4.69, 9.17) is 14.2 Å². The lowest BCUT2D eigenvalue weighted by molar-refractivity contribution is -0.136. The number of carbonyl (C=O) groups excluding carboxylic acids is 2. The number of amides is 2. The molecular weight excluding hydrogens is 348 g/mol. The van der Waals surface area contributed by atoms with E-state index in [1.54, 1.807) is 4.90 Å². The van der Waals surface area contributed by atoms with E-state index in [0.29, 0.717) is 26.1 Å². The Morgan fingerprint density at radius 2 is 1.81 bits per heavy atom. The maximum atomic E-state index is 13.1. The number of hydrogen-bond donors (Lipinski definition) is 0. The maximum Gasteiger partial charge on any atom is 0.410 e. The van der Waals surface area contributed by atoms with Crippen LogP contribution >= 0.6 is 0 Å². The van der Waals surface area contributed by atoms with Gasteiger partial charge in [-0.15, -0.1) is 0 Å². The van der Waals surface area contributed by atoms with Crippen LogP contribution in [0.25, 0.3) is 0 Å². The van der Waals surface area contributed by atoms with Crippen molar-refractivity contribution in [2.45, 2.75) is 58.2 Å². The number of carbonyl (C=O) groups is 2. The van der Waals surface area contributed by atoms with E-state index in [1.807, 2.05) is 37.8 Å². The molecule has 0 radical (unpaired) electrons. The van der Waals surface area contributed by atoms with Crippen LogP contribution in [0, 0.1) is 0 Å². The van der Waals surface area contributed by atoms with Gasteiger partial charge in [-0.2, -0.15) is 0 Å². The molecule has 7 heteroatoms. The first-order valence-electron chi connectivity index (χ1n) is 9.51. The van der Waals surface area contributed by atoms with Gasteiger partial charge in [0, 0.05) is 19.6 Å². The van der Waals surface area contributed by atoms with Gasteiger partial charge in [0.05, 0.1) is 0 Å². The molecule has 146 valence electrons. The second-order valence-electron chi connectivity index (χ2n) is 8.32. The normalized spacial score (nSPS) is 21.2. The summed E-state index contributed by atoms with van der Waals surface area (Å²) in [6, 6.07) is 3.55. The van der Waals surface area contributed by atoms with Gasteiger partial charge in [-0.3, -0.25) is 9.69 Å². The third-order valence-electron chi connectivity index (χ3n) is 5.18. The Balaban J connectivity index is 1.47. The van der Waals surface area contributed by atoms with E-state index >= 15 is 0 Å². The molecule has 0 N–H and O–H groups in total. The van der Waals surface area contributed by atoms with Crippen molar-refractivity contribution in [3.63, 3.8) is 0 Å². The lowest BCUT2D eigenvalue weighted by atomic mass is 9.98. The molecule has 3 heterocycles. The molecule has 0 spiro atoms. The summed E-state index contributed by atoms with van der Waals surface area (Å²) in [6.45, 7) is 7.49. The van der Waals surface area contributed by atoms with Gasteiger partial charge in [-0.05, 0) is 63.3 Å². The molecule has 0 aromatic heterocycles. The number of hydrogen-bond acceptors (Lipinski definition) is 5. The van der Waals surface area contributed by atoms with Crippen LogP contribution in [-0.4, -0.2) is 53.3 Å². The fraction of sp³-hybridized carbons (Fsp3) is 0.600. The van der Waals surface area contributed by atoms with Crippen molar-refractivity contribution >= 4 is 12.0 Å². The van der Waals surface area contributed by atoms with E-state index in [1.165, 1.54) is 5.56 Å². The van der Waals surface area contributed by atoms with Crippen molar-refractivity contribution in [1.82, 2.24) is 9.80 Å². The van der Waals surface area contributed by atoms with Crippen LogP contribution in [0.4, 0.5) is 4.79 Å². The van der Waals surface area contributed by atoms with Crippen LogP contribution in [0.1, 0.15) is 44.7 Å². The molecule has 1 aromatic carbocycles. The molecule has 3 aliphatic heterocycles. The minimum Gasteiger partial charge on any atom is -0.454 e. The summed E-state index contributed by atoms with van der Waals surface area (Å²) in [4.78, 5) is 29.1. The van der Waals surface area contributed by atoms with E-state index in [2.05, 4.69) is 0 Å². The molecule has 3 aliphatic rings. The third kappa shape index (κ3) is 3.55. The van der Waals surface area contributed by atoms with Gasteiger partial charge in [0.1, 0.15) is 11.6 Å². The molecular formula is C20H26N2O5. The molecule has 0 bridgehead atoms. The number of fused-ring (bicyclic) bond motifs is 2. The van der Waals surface area contributed by atoms with Crippen LogP contribution in [0.3, 0.4) is 0 Å². The standard InChI is InChI=1S/C20H26N2O5/c1-20(2,3)27-19(24)22-7-4-5-15(22)18(23)21-8-6-13-9-16-17(26-12-25-16)10-14(13)11-21/h9-10,15H,4-8,11-12H2,1-3H3. The minimum absolute atomic E-state index is 0.00155. The predicted octanol–water partition coefficient (Wildman–Crippen LogP) is 2.70. The summed E-state index contributed by atoms with van der Waals surface area (Å²) < 4.78 is 16.4. The quantitative estimate of drug-likeness (QED) is 0.756. The number of nitrogens with zero attached hydrogens (tertiary/aromatic N) is 2. The maximum absolute atomic E-state index is 13.1. The first-order valence-corrected chi connectivity index (χ1v) is 9.51. The van der Waals surface area contributed by atoms with Crippen LogP contribution in [-0.2, 0) is 22.5 Å². The molecule has 1 atom stereocenters. The summed E-state index contributed by atoms with van der Waals surface area (Å²) in [5.41, 5.74) is 1.71. The third-order valence-corrected chi connectivity index (χ3v) is 5.18. The highest BCUT2D eigenvalue weighted by atomic mass is 16.7. The van der Waals surface area contributed by atoms with E-state index in [-0.39, 0.29) is 12.7 Å². The van der Waals surface area contributed by atoms with Crippen LogP contribution in [0.5, 0.6) is 11.5 Å². The number of rotatable bonds is 1. The lowest BCUT2D eigenvalue weighted by Crippen LogP contribution is -2.50. The molecule has 7 nitrogen and oxygen atoms in total. The number of ether oxygens (including phenoxy) is 3. The zero-order valence-electron chi connectivity index (χ0n) is 16.1. The van der Waals surface area contributed by atoms with Crippen molar-refractivity contribution in [2.75, 3.05) is 19.9 Å². The molecule has 4 rings (SSSR count). The highest BCUT2D eigenvalue weighted by Gasteiger charge is 2.39. The van der Waals surface area contributed by atoms with Gasteiger partial charge in [0.15, 0.2) is 11.5 Å². The van der Waals surface area contributed by atoms with Crippen molar-refractivity contribution < 1.29 is 23.8 Å². The molecule has 1 aromatic rings. The first kappa shape index (κ1) is 17.9. The summed E-state index contributed by atoms with van der Waals surface area (Å²) in [7, 11) is 0. The summed E-state index contributed by atoms with van der Waals surface area (Å²) in [5.74, 6) is 1.52. The highest BCUT2D eigenvalue weighted by molar-refractivity contribution is 5.86. The molecule has 1 fully saturated rings. The van der Waals surface area contributed by atoms with Gasteiger partial charge in [0.25, 0.3) is 0 Å². The molecule has 2 amide bonds. The molecule has 1 saturated heterocycles. The van der Waals surface area contributed by atoms with Crippen molar-refractivity contribution in [3.05, 3.63) is 23.3 Å². The second-order valence-corrected chi connectivity index (χ2v) is 8.32. The minimum atomic E-state index is -0.570. The van der Waals surface area contributed by atoms with Gasteiger partial charge in [0.2, 0.25) is 12.7 Å². The SMILES string of the molecule is CC(C)(C)OC(=O)N1CCCC1C(=O)N1CCc2cc3c(cc2C1)OCO3. The van der Waals surface area contributed by atoms with Crippen LogP contribution in [0.15, 0.2) is 12.1 Å². The zero-order valence-corrected chi connectivity index (χ0v) is 16.1. The Morgan fingerprint density at radius 3 is 2.52 bits per heavy atom. The highest BCUT2D eigenvalue weighted by Crippen LogP contribution is 2.37. The Labute approximate surface area is 159 Å². The topological polar surface area (TPSA) is 68.3 Å². The smallest absolute Gasteiger partial charge is 0.410 e. The number of benzene rings is 1. The summed E-state index contributed by atoms with van der Waals surface area (Å²) in [5, 5.41) is 0. The lowest BCUT2D eigenvalue weighted by Gasteiger charge is -2.34. The second kappa shape index (κ2) is 6.62. The predicted molar refractivity (Wildman–Crippen MR) is 97.6 cm³/mol. The number of likely N-dealkylation sites (tertiary alicyclic amines) is 1. The Kier molecular flexibility index (Phi) is 4.40. The van der Waals surface area contributed by atoms with E-state index in [9.17, 15) is 9.59 Å². The fourth-order valence-electron chi connectivity index (χ4n) is 3.91. The average Bonchev–Trinajstić information content (AvgIpc) is 3.25. The van der Waals surface area contributed by atoms with Gasteiger partial charge in [-0.25, -0.2) is 4.79 Å². The van der Waals surface area contributed by atoms with Crippen molar-refractivity contribution in [2.24, 2.45) is 0 Å². The zero-order chi connectivity index (χ0) is 19.2. The van der Waals surface area contributed by atoms with Crippen molar-refractivity contribution in [1.29, 1.82) is 0 Å². The van der Waals surface area contributed by atoms with Crippen LogP contribution < -0.4 is 9.47 Å². The fourth-order valence-corrected chi connectivity index (χ4v) is 3.91. The van der Waals surface area contributed by atoms with Gasteiger partial charge < -0.3 is 19.1 Å². The van der Waals surface area contributed by atoms with Gasteiger partial charge in [-0.1, -0.05) is 0 Å². The Hall–Kier alpha value is -2.44. The molecule has 27 heavy (non-hydrogen) atoms. The van der Waals surface area contributed by atoms with Gasteiger partial charge >= 0.3 is 6.09 Å². The van der Waals surface area contributed by atoms with E-state index in [0.717, 1.165) is 29.9 Å². The largest absolute Gasteiger partial charge is 0.454 e. The van der Waals surface area contributed by atoms with Crippen LogP contribution in [0.2, 0.25) is 0 Å². The molecule has 1 unspecified atom stereocenters. The summed E-state index contributed by atoms with van der Waals surface area (Å²) in [6.07, 6.45) is 1.87. The molecule has 0 saturated carbocycles. The monoisotopic (exact) mass is 374 g/mol. The van der Waals surface area contributed by atoms with Crippen molar-refractivity contribution in [3.8, 4) is 11.5 Å². The Morgan fingerprint density at radius 1 is 1.11 bits per heavy atom. The molecule has 0 aliphatic carbocycles. The Bertz CT molecular complexity index is 770. The van der Waals surface area contributed by atoms with E-state index < -0.39 is 17.7 Å². The summed E-state index contributed by atoms with van der Waals surface area (Å²) >= 11 is 0. The average molecular weight is 374 g/mol. The first-order chi connectivity index (χ1) is 12.8.